The molecule has 0 aromatic rings. The fraction of sp³-hybridized carbons (Fsp3) is 0.944. The number of unbranched alkanes of at least 4 members (excludes halogenated alkanes) is 1. The van der Waals surface area contributed by atoms with Crippen LogP contribution in [0.5, 0.6) is 0 Å². The van der Waals surface area contributed by atoms with E-state index in [0.29, 0.717) is 12.2 Å². The third-order valence-electron chi connectivity index (χ3n) is 4.45. The van der Waals surface area contributed by atoms with Crippen LogP contribution in [0.15, 0.2) is 0 Å². The van der Waals surface area contributed by atoms with Crippen molar-refractivity contribution in [3.8, 4) is 0 Å². The Morgan fingerprint density at radius 2 is 1.52 bits per heavy atom. The molecule has 0 aliphatic carbocycles. The van der Waals surface area contributed by atoms with Crippen molar-refractivity contribution in [1.29, 1.82) is 0 Å². The maximum absolute atomic E-state index is 12.8. The van der Waals surface area contributed by atoms with Gasteiger partial charge in [-0.2, -0.15) is 12.6 Å². The topological polar surface area (TPSA) is 29.1 Å². The third-order valence-corrected chi connectivity index (χ3v) is 4.67. The van der Waals surface area contributed by atoms with Crippen LogP contribution in [-0.2, 0) is 4.79 Å². The molecule has 0 bridgehead atoms. The average Bonchev–Trinajstić information content (AvgIpc) is 2.29. The summed E-state index contributed by atoms with van der Waals surface area (Å²) in [5.41, 5.74) is -0.0722. The van der Waals surface area contributed by atoms with Crippen molar-refractivity contribution < 1.29 is 4.79 Å². The van der Waals surface area contributed by atoms with Crippen molar-refractivity contribution >= 4 is 18.4 Å². The van der Waals surface area contributed by atoms with E-state index in [1.165, 1.54) is 0 Å². The van der Waals surface area contributed by atoms with Gasteiger partial charge in [0.05, 0.1) is 0 Å². The normalized spacial score (nSPS) is 15.8. The minimum atomic E-state index is -0.246. The van der Waals surface area contributed by atoms with Crippen LogP contribution in [0.4, 0.5) is 0 Å². The fourth-order valence-electron chi connectivity index (χ4n) is 2.86. The molecule has 1 N–H and O–H groups in total. The predicted molar refractivity (Wildman–Crippen MR) is 97.2 cm³/mol. The monoisotopic (exact) mass is 315 g/mol. The van der Waals surface area contributed by atoms with Crippen LogP contribution in [-0.4, -0.2) is 24.6 Å². The summed E-state index contributed by atoms with van der Waals surface area (Å²) < 4.78 is 0. The van der Waals surface area contributed by atoms with Gasteiger partial charge in [0, 0.05) is 24.1 Å². The molecule has 0 heterocycles. The fourth-order valence-corrected chi connectivity index (χ4v) is 3.02. The molecule has 21 heavy (non-hydrogen) atoms. The highest BCUT2D eigenvalue weighted by molar-refractivity contribution is 7.80. The van der Waals surface area contributed by atoms with Gasteiger partial charge in [-0.15, -0.1) is 0 Å². The van der Waals surface area contributed by atoms with Crippen LogP contribution in [0.3, 0.4) is 0 Å². The molecule has 1 atom stereocenters. The van der Waals surface area contributed by atoms with Gasteiger partial charge in [-0.1, -0.05) is 48.5 Å². The Balaban J connectivity index is 4.55. The molecule has 0 saturated heterocycles. The summed E-state index contributed by atoms with van der Waals surface area (Å²) in [6.07, 6.45) is 3.69. The second-order valence-corrected chi connectivity index (χ2v) is 9.12. The molecule has 2 nitrogen and oxygen atoms in total. The lowest BCUT2D eigenvalue weighted by atomic mass is 9.58. The van der Waals surface area contributed by atoms with E-state index in [-0.39, 0.29) is 16.2 Å². The van der Waals surface area contributed by atoms with Crippen molar-refractivity contribution in [2.24, 2.45) is 16.2 Å². The lowest BCUT2D eigenvalue weighted by Gasteiger charge is -2.44. The van der Waals surface area contributed by atoms with Gasteiger partial charge in [0.1, 0.15) is 5.78 Å². The zero-order valence-corrected chi connectivity index (χ0v) is 16.2. The SMILES string of the molecule is CC(C)(C)CC(C)(C(=O)CCCCNCCS)C(C)(C)C. The third kappa shape index (κ3) is 7.69. The Kier molecular flexibility index (Phi) is 8.56. The van der Waals surface area contributed by atoms with Gasteiger partial charge in [-0.3, -0.25) is 4.79 Å². The van der Waals surface area contributed by atoms with E-state index in [1.807, 2.05) is 0 Å². The molecule has 0 radical (unpaired) electrons. The molecular formula is C18H37NOS. The molecule has 0 rings (SSSR count). The van der Waals surface area contributed by atoms with E-state index in [0.717, 1.165) is 38.1 Å². The highest BCUT2D eigenvalue weighted by Crippen LogP contribution is 2.47. The van der Waals surface area contributed by atoms with Crippen LogP contribution in [0.25, 0.3) is 0 Å². The maximum atomic E-state index is 12.8. The molecule has 0 aliphatic heterocycles. The first-order chi connectivity index (χ1) is 9.44. The van der Waals surface area contributed by atoms with E-state index < -0.39 is 0 Å². The van der Waals surface area contributed by atoms with E-state index >= 15 is 0 Å². The molecule has 0 spiro atoms. The maximum Gasteiger partial charge on any atom is 0.139 e. The molecule has 0 aliphatic rings. The predicted octanol–water partition coefficient (Wildman–Crippen LogP) is 4.73. The number of hydrogen-bond donors (Lipinski definition) is 2. The van der Waals surface area contributed by atoms with Gasteiger partial charge in [0.15, 0.2) is 0 Å². The van der Waals surface area contributed by atoms with Gasteiger partial charge in [0.2, 0.25) is 0 Å². The Morgan fingerprint density at radius 1 is 0.952 bits per heavy atom. The molecule has 0 amide bonds. The second-order valence-electron chi connectivity index (χ2n) is 8.67. The lowest BCUT2D eigenvalue weighted by molar-refractivity contribution is -0.136. The number of rotatable bonds is 9. The zero-order chi connectivity index (χ0) is 16.7. The van der Waals surface area contributed by atoms with Crippen LogP contribution in [0.1, 0.15) is 74.1 Å². The quantitative estimate of drug-likeness (QED) is 0.475. The summed E-state index contributed by atoms with van der Waals surface area (Å²) in [5, 5.41) is 3.33. The zero-order valence-electron chi connectivity index (χ0n) is 15.3. The van der Waals surface area contributed by atoms with Crippen molar-refractivity contribution in [2.75, 3.05) is 18.8 Å². The molecule has 0 aromatic heterocycles. The molecule has 126 valence electrons. The molecule has 0 fully saturated rings. The lowest BCUT2D eigenvalue weighted by Crippen LogP contribution is -2.43. The van der Waals surface area contributed by atoms with E-state index in [4.69, 9.17) is 0 Å². The largest absolute Gasteiger partial charge is 0.316 e. The Morgan fingerprint density at radius 3 is 1.95 bits per heavy atom. The van der Waals surface area contributed by atoms with Crippen molar-refractivity contribution in [3.63, 3.8) is 0 Å². The second kappa shape index (κ2) is 8.57. The van der Waals surface area contributed by atoms with Crippen LogP contribution in [0.2, 0.25) is 0 Å². The number of hydrogen-bond acceptors (Lipinski definition) is 3. The molecule has 3 heteroatoms. The average molecular weight is 316 g/mol. The standard InChI is InChI=1S/C18H37NOS/c1-16(2,3)14-18(7,17(4,5)6)15(20)10-8-9-11-19-12-13-21/h19,21H,8-14H2,1-7H3. The molecular weight excluding hydrogens is 278 g/mol. The number of Topliss-reactive ketones (excluding diaryl/α,β-unsaturated/α-hetero) is 1. The van der Waals surface area contributed by atoms with E-state index in [9.17, 15) is 4.79 Å². The van der Waals surface area contributed by atoms with Gasteiger partial charge in [0.25, 0.3) is 0 Å². The number of carbonyl (C=O) groups excluding carboxylic acids is 1. The van der Waals surface area contributed by atoms with Crippen molar-refractivity contribution in [1.82, 2.24) is 5.32 Å². The van der Waals surface area contributed by atoms with Crippen molar-refractivity contribution in [2.45, 2.75) is 74.1 Å². The summed E-state index contributed by atoms with van der Waals surface area (Å²) >= 11 is 4.17. The summed E-state index contributed by atoms with van der Waals surface area (Å²) in [6.45, 7) is 17.4. The minimum absolute atomic E-state index is 0.00163. The van der Waals surface area contributed by atoms with Crippen LogP contribution in [0, 0.1) is 16.2 Å². The number of carbonyl (C=O) groups is 1. The highest BCUT2D eigenvalue weighted by Gasteiger charge is 2.45. The molecule has 0 aromatic carbocycles. The Bertz CT molecular complexity index is 314. The summed E-state index contributed by atoms with van der Waals surface area (Å²) in [4.78, 5) is 12.8. The number of thiol groups is 1. The first kappa shape index (κ1) is 21.0. The van der Waals surface area contributed by atoms with Gasteiger partial charge < -0.3 is 5.32 Å². The van der Waals surface area contributed by atoms with E-state index in [1.54, 1.807) is 0 Å². The van der Waals surface area contributed by atoms with E-state index in [2.05, 4.69) is 66.4 Å². The number of ketones is 1. The highest BCUT2D eigenvalue weighted by atomic mass is 32.1. The molecule has 0 saturated carbocycles. The van der Waals surface area contributed by atoms with Crippen LogP contribution >= 0.6 is 12.6 Å². The minimum Gasteiger partial charge on any atom is -0.316 e. The Labute approximate surface area is 138 Å². The van der Waals surface area contributed by atoms with Crippen LogP contribution < -0.4 is 5.32 Å². The number of nitrogens with one attached hydrogen (secondary N) is 1. The summed E-state index contributed by atoms with van der Waals surface area (Å²) in [7, 11) is 0. The first-order valence-corrected chi connectivity index (χ1v) is 8.92. The van der Waals surface area contributed by atoms with Gasteiger partial charge in [-0.05, 0) is 36.6 Å². The van der Waals surface area contributed by atoms with Gasteiger partial charge in [-0.25, -0.2) is 0 Å². The van der Waals surface area contributed by atoms with Gasteiger partial charge >= 0.3 is 0 Å². The first-order valence-electron chi connectivity index (χ1n) is 8.29. The van der Waals surface area contributed by atoms with Crippen molar-refractivity contribution in [3.05, 3.63) is 0 Å². The Hall–Kier alpha value is -0.0200. The molecule has 1 unspecified atom stereocenters. The summed E-state index contributed by atoms with van der Waals surface area (Å²) in [5.74, 6) is 1.30. The smallest absolute Gasteiger partial charge is 0.139 e. The summed E-state index contributed by atoms with van der Waals surface area (Å²) in [6, 6.07) is 0.